The van der Waals surface area contributed by atoms with E-state index in [1.807, 2.05) is 20.8 Å². The second-order valence-corrected chi connectivity index (χ2v) is 4.62. The van der Waals surface area contributed by atoms with Crippen LogP contribution in [0.5, 0.6) is 0 Å². The first kappa shape index (κ1) is 11.2. The van der Waals surface area contributed by atoms with Crippen LogP contribution in [0.15, 0.2) is 0 Å². The van der Waals surface area contributed by atoms with Crippen LogP contribution in [0.1, 0.15) is 40.0 Å². The molecule has 0 saturated carbocycles. The Kier molecular flexibility index (Phi) is 3.29. The van der Waals surface area contributed by atoms with Gasteiger partial charge in [0.15, 0.2) is 5.78 Å². The van der Waals surface area contributed by atoms with E-state index in [-0.39, 0.29) is 17.1 Å². The second-order valence-electron chi connectivity index (χ2n) is 4.62. The lowest BCUT2D eigenvalue weighted by Gasteiger charge is -2.35. The molecule has 0 radical (unpaired) electrons. The third kappa shape index (κ3) is 2.34. The molecular weight excluding hydrogens is 178 g/mol. The Hall–Kier alpha value is -0.860. The van der Waals surface area contributed by atoms with Gasteiger partial charge < -0.3 is 4.90 Å². The summed E-state index contributed by atoms with van der Waals surface area (Å²) in [4.78, 5) is 24.9. The lowest BCUT2D eigenvalue weighted by atomic mass is 9.81. The molecule has 3 nitrogen and oxygen atoms in total. The van der Waals surface area contributed by atoms with Crippen molar-refractivity contribution in [3.63, 3.8) is 0 Å². The Morgan fingerprint density at radius 3 is 2.64 bits per heavy atom. The molecule has 1 aliphatic heterocycles. The van der Waals surface area contributed by atoms with Gasteiger partial charge >= 0.3 is 0 Å². The lowest BCUT2D eigenvalue weighted by molar-refractivity contribution is -0.142. The standard InChI is InChI=1S/C11H19NO2/c1-4-5-10(14)12-7-6-11(2,3)9(13)8-12/h4-8H2,1-3H3. The highest BCUT2D eigenvalue weighted by Crippen LogP contribution is 2.26. The van der Waals surface area contributed by atoms with Crippen LogP contribution in [-0.2, 0) is 9.59 Å². The van der Waals surface area contributed by atoms with Gasteiger partial charge in [-0.3, -0.25) is 9.59 Å². The molecule has 80 valence electrons. The normalized spacial score (nSPS) is 21.1. The maximum atomic E-state index is 11.6. The minimum Gasteiger partial charge on any atom is -0.335 e. The zero-order chi connectivity index (χ0) is 10.8. The van der Waals surface area contributed by atoms with Crippen molar-refractivity contribution in [2.45, 2.75) is 40.0 Å². The molecule has 3 heteroatoms. The molecule has 0 bridgehead atoms. The Morgan fingerprint density at radius 1 is 1.50 bits per heavy atom. The number of piperidine rings is 1. The third-order valence-electron chi connectivity index (χ3n) is 2.91. The molecule has 1 amide bonds. The molecule has 1 saturated heterocycles. The van der Waals surface area contributed by atoms with Crippen LogP contribution < -0.4 is 0 Å². The molecule has 0 aromatic carbocycles. The van der Waals surface area contributed by atoms with Crippen molar-refractivity contribution in [3.8, 4) is 0 Å². The Morgan fingerprint density at radius 2 is 2.14 bits per heavy atom. The average Bonchev–Trinajstić information content (AvgIpc) is 2.10. The number of likely N-dealkylation sites (tertiary alicyclic amines) is 1. The van der Waals surface area contributed by atoms with Gasteiger partial charge in [-0.2, -0.15) is 0 Å². The van der Waals surface area contributed by atoms with Gasteiger partial charge in [-0.25, -0.2) is 0 Å². The monoisotopic (exact) mass is 197 g/mol. The summed E-state index contributed by atoms with van der Waals surface area (Å²) in [6.07, 6.45) is 2.21. The highest BCUT2D eigenvalue weighted by atomic mass is 16.2. The first-order chi connectivity index (χ1) is 6.47. The number of ketones is 1. The molecule has 0 aromatic rings. The third-order valence-corrected chi connectivity index (χ3v) is 2.91. The van der Waals surface area contributed by atoms with Crippen molar-refractivity contribution >= 4 is 11.7 Å². The summed E-state index contributed by atoms with van der Waals surface area (Å²) in [6, 6.07) is 0. The van der Waals surface area contributed by atoms with Gasteiger partial charge in [0, 0.05) is 18.4 Å². The molecule has 1 aliphatic rings. The topological polar surface area (TPSA) is 37.4 Å². The van der Waals surface area contributed by atoms with Crippen LogP contribution in [-0.4, -0.2) is 29.7 Å². The minimum absolute atomic E-state index is 0.122. The van der Waals surface area contributed by atoms with E-state index in [4.69, 9.17) is 0 Å². The Labute approximate surface area is 85.5 Å². The molecule has 14 heavy (non-hydrogen) atoms. The van der Waals surface area contributed by atoms with Gasteiger partial charge in [-0.1, -0.05) is 20.8 Å². The van der Waals surface area contributed by atoms with Crippen LogP contribution >= 0.6 is 0 Å². The summed E-state index contributed by atoms with van der Waals surface area (Å²) in [5.74, 6) is 0.310. The number of Topliss-reactive ketones (excluding diaryl/α,β-unsaturated/α-hetero) is 1. The predicted octanol–water partition coefficient (Wildman–Crippen LogP) is 1.61. The molecular formula is C11H19NO2. The van der Waals surface area contributed by atoms with Crippen LogP contribution in [0, 0.1) is 5.41 Å². The van der Waals surface area contributed by atoms with Crippen molar-refractivity contribution in [2.75, 3.05) is 13.1 Å². The zero-order valence-electron chi connectivity index (χ0n) is 9.30. The quantitative estimate of drug-likeness (QED) is 0.674. The molecule has 1 heterocycles. The van der Waals surface area contributed by atoms with E-state index in [0.29, 0.717) is 13.0 Å². The molecule has 0 aliphatic carbocycles. The number of nitrogens with zero attached hydrogens (tertiary/aromatic N) is 1. The van der Waals surface area contributed by atoms with Crippen LogP contribution in [0.3, 0.4) is 0 Å². The number of hydrogen-bond donors (Lipinski definition) is 0. The van der Waals surface area contributed by atoms with Crippen LogP contribution in [0.25, 0.3) is 0 Å². The first-order valence-electron chi connectivity index (χ1n) is 5.28. The zero-order valence-corrected chi connectivity index (χ0v) is 9.30. The molecule has 0 atom stereocenters. The van der Waals surface area contributed by atoms with Gasteiger partial charge in [0.05, 0.1) is 6.54 Å². The number of hydrogen-bond acceptors (Lipinski definition) is 2. The first-order valence-corrected chi connectivity index (χ1v) is 5.28. The van der Waals surface area contributed by atoms with Gasteiger partial charge in [0.25, 0.3) is 0 Å². The fourth-order valence-electron chi connectivity index (χ4n) is 1.61. The van der Waals surface area contributed by atoms with E-state index in [1.165, 1.54) is 0 Å². The molecule has 1 rings (SSSR count). The SMILES string of the molecule is CCCC(=O)N1CCC(C)(C)C(=O)C1. The smallest absolute Gasteiger partial charge is 0.222 e. The summed E-state index contributed by atoms with van der Waals surface area (Å²) in [6.45, 7) is 6.94. The summed E-state index contributed by atoms with van der Waals surface area (Å²) in [5.41, 5.74) is -0.233. The van der Waals surface area contributed by atoms with Crippen molar-refractivity contribution in [1.29, 1.82) is 0 Å². The molecule has 0 N–H and O–H groups in total. The molecule has 0 unspecified atom stereocenters. The maximum absolute atomic E-state index is 11.6. The molecule has 1 fully saturated rings. The van der Waals surface area contributed by atoms with E-state index >= 15 is 0 Å². The van der Waals surface area contributed by atoms with E-state index < -0.39 is 0 Å². The van der Waals surface area contributed by atoms with E-state index in [2.05, 4.69) is 0 Å². The maximum Gasteiger partial charge on any atom is 0.222 e. The van der Waals surface area contributed by atoms with Crippen LogP contribution in [0.4, 0.5) is 0 Å². The number of carbonyl (C=O) groups excluding carboxylic acids is 2. The largest absolute Gasteiger partial charge is 0.335 e. The van der Waals surface area contributed by atoms with E-state index in [0.717, 1.165) is 19.4 Å². The summed E-state index contributed by atoms with van der Waals surface area (Å²) < 4.78 is 0. The average molecular weight is 197 g/mol. The highest BCUT2D eigenvalue weighted by Gasteiger charge is 2.34. The molecule has 0 spiro atoms. The summed E-state index contributed by atoms with van der Waals surface area (Å²) >= 11 is 0. The fourth-order valence-corrected chi connectivity index (χ4v) is 1.61. The second kappa shape index (κ2) is 4.11. The number of rotatable bonds is 2. The van der Waals surface area contributed by atoms with Crippen molar-refractivity contribution < 1.29 is 9.59 Å². The van der Waals surface area contributed by atoms with Gasteiger partial charge in [-0.15, -0.1) is 0 Å². The van der Waals surface area contributed by atoms with E-state index in [1.54, 1.807) is 4.90 Å². The van der Waals surface area contributed by atoms with Gasteiger partial charge in [0.2, 0.25) is 5.91 Å². The molecule has 0 aromatic heterocycles. The lowest BCUT2D eigenvalue weighted by Crippen LogP contribution is -2.47. The minimum atomic E-state index is -0.233. The predicted molar refractivity (Wildman–Crippen MR) is 54.9 cm³/mol. The Bertz CT molecular complexity index is 246. The number of carbonyl (C=O) groups is 2. The van der Waals surface area contributed by atoms with Gasteiger partial charge in [-0.05, 0) is 12.8 Å². The van der Waals surface area contributed by atoms with Gasteiger partial charge in [0.1, 0.15) is 0 Å². The van der Waals surface area contributed by atoms with E-state index in [9.17, 15) is 9.59 Å². The Balaban J connectivity index is 2.55. The summed E-state index contributed by atoms with van der Waals surface area (Å²) in [7, 11) is 0. The fraction of sp³-hybridized carbons (Fsp3) is 0.818. The van der Waals surface area contributed by atoms with Crippen LogP contribution in [0.2, 0.25) is 0 Å². The van der Waals surface area contributed by atoms with Crippen molar-refractivity contribution in [3.05, 3.63) is 0 Å². The highest BCUT2D eigenvalue weighted by molar-refractivity contribution is 5.90. The summed E-state index contributed by atoms with van der Waals surface area (Å²) in [5, 5.41) is 0. The number of amides is 1. The van der Waals surface area contributed by atoms with Crippen molar-refractivity contribution in [1.82, 2.24) is 4.90 Å². The van der Waals surface area contributed by atoms with Crippen molar-refractivity contribution in [2.24, 2.45) is 5.41 Å².